The van der Waals surface area contributed by atoms with Crippen LogP contribution < -0.4 is 5.32 Å². The molecule has 2 aromatic heterocycles. The van der Waals surface area contributed by atoms with Crippen LogP contribution in [0.5, 0.6) is 0 Å². The maximum atomic E-state index is 9.85. The second-order valence-corrected chi connectivity index (χ2v) is 6.57. The Balaban J connectivity index is 1.84. The Morgan fingerprint density at radius 2 is 1.92 bits per heavy atom. The van der Waals surface area contributed by atoms with Crippen LogP contribution in [0.4, 0.5) is 0 Å². The molecule has 2 unspecified atom stereocenters. The lowest BCUT2D eigenvalue weighted by atomic mass is 10.0. The summed E-state index contributed by atoms with van der Waals surface area (Å²) in [6.07, 6.45) is 2.92. The number of benzene rings is 1. The number of nitrogens with one attached hydrogen (secondary N) is 1. The van der Waals surface area contributed by atoms with E-state index in [1.54, 1.807) is 0 Å². The summed E-state index contributed by atoms with van der Waals surface area (Å²) < 4.78 is 1.88. The number of fused-ring (bicyclic) bond motifs is 1. The molecule has 0 aliphatic rings. The van der Waals surface area contributed by atoms with E-state index in [0.717, 1.165) is 34.6 Å². The highest BCUT2D eigenvalue weighted by Crippen LogP contribution is 2.22. The Morgan fingerprint density at radius 1 is 1.20 bits per heavy atom. The summed E-state index contributed by atoms with van der Waals surface area (Å²) in [5.74, 6) is 0. The van der Waals surface area contributed by atoms with Crippen molar-refractivity contribution in [2.45, 2.75) is 46.2 Å². The molecule has 2 heterocycles. The first-order valence-corrected chi connectivity index (χ1v) is 8.81. The van der Waals surface area contributed by atoms with Crippen molar-refractivity contribution in [1.82, 2.24) is 19.9 Å². The van der Waals surface area contributed by atoms with Crippen LogP contribution in [-0.4, -0.2) is 26.3 Å². The van der Waals surface area contributed by atoms with E-state index in [4.69, 9.17) is 0 Å². The molecule has 0 bridgehead atoms. The zero-order chi connectivity index (χ0) is 18.0. The van der Waals surface area contributed by atoms with E-state index in [1.165, 1.54) is 5.56 Å². The highest BCUT2D eigenvalue weighted by atomic mass is 16.3. The molecule has 5 heteroatoms. The first-order chi connectivity index (χ1) is 12.0. The number of hydrogen-bond donors (Lipinski definition) is 2. The van der Waals surface area contributed by atoms with E-state index in [1.807, 2.05) is 23.7 Å². The summed E-state index contributed by atoms with van der Waals surface area (Å²) in [6.45, 7) is 8.30. The zero-order valence-corrected chi connectivity index (χ0v) is 15.3. The fourth-order valence-corrected chi connectivity index (χ4v) is 3.23. The number of hydrogen-bond acceptors (Lipinski definition) is 4. The molecular formula is C20H26N4O. The lowest BCUT2D eigenvalue weighted by Crippen LogP contribution is -2.28. The van der Waals surface area contributed by atoms with Crippen LogP contribution >= 0.6 is 0 Å². The monoisotopic (exact) mass is 338 g/mol. The molecule has 0 amide bonds. The Labute approximate surface area is 148 Å². The van der Waals surface area contributed by atoms with E-state index in [2.05, 4.69) is 60.4 Å². The van der Waals surface area contributed by atoms with Gasteiger partial charge in [0.15, 0.2) is 5.65 Å². The van der Waals surface area contributed by atoms with Crippen LogP contribution in [0, 0.1) is 13.8 Å². The predicted octanol–water partition coefficient (Wildman–Crippen LogP) is 3.29. The van der Waals surface area contributed by atoms with Gasteiger partial charge in [0.25, 0.3) is 0 Å². The van der Waals surface area contributed by atoms with Gasteiger partial charge in [-0.1, -0.05) is 31.2 Å². The minimum Gasteiger partial charge on any atom is -0.394 e. The molecule has 3 aromatic rings. The molecule has 0 fully saturated rings. The number of aryl methyl sites for hydroxylation is 3. The molecule has 3 rings (SSSR count). The normalized spacial score (nSPS) is 14.0. The van der Waals surface area contributed by atoms with Crippen molar-refractivity contribution >= 4 is 5.65 Å². The molecule has 132 valence electrons. The Hall–Kier alpha value is -2.24. The van der Waals surface area contributed by atoms with Crippen molar-refractivity contribution in [2.24, 2.45) is 0 Å². The summed E-state index contributed by atoms with van der Waals surface area (Å²) in [7, 11) is 0. The molecule has 0 spiro atoms. The summed E-state index contributed by atoms with van der Waals surface area (Å²) in [4.78, 5) is 4.51. The lowest BCUT2D eigenvalue weighted by Gasteiger charge is -2.23. The third-order valence-corrected chi connectivity index (χ3v) is 4.77. The van der Waals surface area contributed by atoms with Gasteiger partial charge in [-0.2, -0.15) is 5.10 Å². The van der Waals surface area contributed by atoms with Crippen LogP contribution in [0.1, 0.15) is 54.0 Å². The molecule has 0 saturated carbocycles. The summed E-state index contributed by atoms with van der Waals surface area (Å²) in [5.41, 5.74) is 6.36. The van der Waals surface area contributed by atoms with E-state index >= 15 is 0 Å². The van der Waals surface area contributed by atoms with Crippen LogP contribution in [0.2, 0.25) is 0 Å². The molecule has 0 aliphatic heterocycles. The van der Waals surface area contributed by atoms with Gasteiger partial charge in [-0.15, -0.1) is 0 Å². The molecule has 0 radical (unpaired) electrons. The number of aromatic nitrogens is 3. The largest absolute Gasteiger partial charge is 0.394 e. The third-order valence-electron chi connectivity index (χ3n) is 4.77. The van der Waals surface area contributed by atoms with Gasteiger partial charge in [-0.25, -0.2) is 9.50 Å². The Kier molecular flexibility index (Phi) is 5.16. The quantitative estimate of drug-likeness (QED) is 0.724. The Bertz CT molecular complexity index is 854. The smallest absolute Gasteiger partial charge is 0.155 e. The second kappa shape index (κ2) is 7.33. The maximum absolute atomic E-state index is 9.85. The van der Waals surface area contributed by atoms with Gasteiger partial charge in [-0.3, -0.25) is 0 Å². The second-order valence-electron chi connectivity index (χ2n) is 6.57. The minimum atomic E-state index is -0.115. The first-order valence-electron chi connectivity index (χ1n) is 8.81. The minimum absolute atomic E-state index is 0.0457. The molecule has 2 N–H and O–H groups in total. The van der Waals surface area contributed by atoms with Crippen LogP contribution in [0.3, 0.4) is 0 Å². The van der Waals surface area contributed by atoms with Gasteiger partial charge in [-0.05, 0) is 38.3 Å². The third kappa shape index (κ3) is 3.57. The molecule has 1 aromatic carbocycles. The van der Waals surface area contributed by atoms with Crippen LogP contribution in [-0.2, 0) is 6.42 Å². The van der Waals surface area contributed by atoms with Gasteiger partial charge in [0.2, 0.25) is 0 Å². The maximum Gasteiger partial charge on any atom is 0.155 e. The van der Waals surface area contributed by atoms with Crippen LogP contribution in [0.15, 0.2) is 36.5 Å². The SMILES string of the molecule is CCc1ccc(C(CO)NC(C)c2cnc3cc(C)nn3c2C)cc1. The average molecular weight is 338 g/mol. The van der Waals surface area contributed by atoms with Crippen LogP contribution in [0.25, 0.3) is 5.65 Å². The lowest BCUT2D eigenvalue weighted by molar-refractivity contribution is 0.235. The van der Waals surface area contributed by atoms with Gasteiger partial charge < -0.3 is 10.4 Å². The Morgan fingerprint density at radius 3 is 2.56 bits per heavy atom. The fraction of sp³-hybridized carbons (Fsp3) is 0.400. The van der Waals surface area contributed by atoms with Crippen molar-refractivity contribution in [2.75, 3.05) is 6.61 Å². The molecular weight excluding hydrogens is 312 g/mol. The molecule has 5 nitrogen and oxygen atoms in total. The number of aliphatic hydroxyl groups is 1. The first kappa shape index (κ1) is 17.6. The van der Waals surface area contributed by atoms with Gasteiger partial charge >= 0.3 is 0 Å². The fourth-order valence-electron chi connectivity index (χ4n) is 3.23. The highest BCUT2D eigenvalue weighted by molar-refractivity contribution is 5.42. The van der Waals surface area contributed by atoms with Crippen molar-refractivity contribution < 1.29 is 5.11 Å². The molecule has 2 atom stereocenters. The highest BCUT2D eigenvalue weighted by Gasteiger charge is 2.18. The topological polar surface area (TPSA) is 62.5 Å². The van der Waals surface area contributed by atoms with Crippen molar-refractivity contribution in [3.63, 3.8) is 0 Å². The number of rotatable bonds is 6. The van der Waals surface area contributed by atoms with Crippen molar-refractivity contribution in [1.29, 1.82) is 0 Å². The van der Waals surface area contributed by atoms with Gasteiger partial charge in [0, 0.05) is 29.6 Å². The number of aliphatic hydroxyl groups excluding tert-OH is 1. The summed E-state index contributed by atoms with van der Waals surface area (Å²) in [6, 6.07) is 10.3. The standard InChI is InChI=1S/C20H26N4O/c1-5-16-6-8-17(9-7-16)19(12-25)22-14(3)18-11-21-20-10-13(2)23-24(20)15(18)4/h6-11,14,19,22,25H,5,12H2,1-4H3. The average Bonchev–Trinajstić information content (AvgIpc) is 3.01. The predicted molar refractivity (Wildman–Crippen MR) is 99.7 cm³/mol. The van der Waals surface area contributed by atoms with Gasteiger partial charge in [0.1, 0.15) is 0 Å². The summed E-state index contributed by atoms with van der Waals surface area (Å²) >= 11 is 0. The zero-order valence-electron chi connectivity index (χ0n) is 15.3. The van der Waals surface area contributed by atoms with Gasteiger partial charge in [0.05, 0.1) is 18.3 Å². The molecule has 25 heavy (non-hydrogen) atoms. The number of nitrogens with zero attached hydrogens (tertiary/aromatic N) is 3. The van der Waals surface area contributed by atoms with E-state index < -0.39 is 0 Å². The van der Waals surface area contributed by atoms with Crippen molar-refractivity contribution in [3.05, 3.63) is 64.6 Å². The molecule has 0 aliphatic carbocycles. The van der Waals surface area contributed by atoms with Crippen molar-refractivity contribution in [3.8, 4) is 0 Å². The molecule has 0 saturated heterocycles. The van der Waals surface area contributed by atoms with E-state index in [-0.39, 0.29) is 18.7 Å². The van der Waals surface area contributed by atoms with E-state index in [9.17, 15) is 5.11 Å². The van der Waals surface area contributed by atoms with E-state index in [0.29, 0.717) is 0 Å². The summed E-state index contributed by atoms with van der Waals surface area (Å²) in [5, 5.41) is 17.9.